The minimum absolute atomic E-state index is 0.307. The number of hydrogen-bond acceptors (Lipinski definition) is 3. The lowest BCUT2D eigenvalue weighted by atomic mass is 10.0. The molecule has 3 nitrogen and oxygen atoms in total. The second-order valence-electron chi connectivity index (χ2n) is 2.18. The monoisotopic (exact) mass is 159 g/mol. The average molecular weight is 159 g/mol. The summed E-state index contributed by atoms with van der Waals surface area (Å²) in [5.74, 6) is -0.619. The van der Waals surface area contributed by atoms with Crippen LogP contribution in [0.15, 0.2) is 11.5 Å². The van der Waals surface area contributed by atoms with Gasteiger partial charge in [0.15, 0.2) is 0 Å². The van der Waals surface area contributed by atoms with Crippen molar-refractivity contribution < 1.29 is 9.90 Å². The molecule has 1 aliphatic heterocycles. The van der Waals surface area contributed by atoms with E-state index in [1.807, 2.05) is 5.41 Å². The highest BCUT2D eigenvalue weighted by Gasteiger charge is 2.24. The Labute approximate surface area is 63.3 Å². The van der Waals surface area contributed by atoms with Gasteiger partial charge in [0, 0.05) is 11.8 Å². The largest absolute Gasteiger partial charge is 0.481 e. The van der Waals surface area contributed by atoms with Gasteiger partial charge in [-0.3, -0.25) is 4.79 Å². The van der Waals surface area contributed by atoms with Crippen LogP contribution >= 0.6 is 11.8 Å². The van der Waals surface area contributed by atoms with Gasteiger partial charge in [0.25, 0.3) is 0 Å². The van der Waals surface area contributed by atoms with Gasteiger partial charge in [-0.05, 0) is 5.41 Å². The van der Waals surface area contributed by atoms with Gasteiger partial charge < -0.3 is 10.8 Å². The topological polar surface area (TPSA) is 63.3 Å². The van der Waals surface area contributed by atoms with Gasteiger partial charge in [-0.1, -0.05) is 6.08 Å². The second-order valence-corrected chi connectivity index (χ2v) is 3.12. The van der Waals surface area contributed by atoms with Crippen LogP contribution in [0.4, 0.5) is 0 Å². The zero-order valence-corrected chi connectivity index (χ0v) is 6.17. The molecule has 1 heterocycles. The van der Waals surface area contributed by atoms with Crippen LogP contribution in [-0.2, 0) is 4.79 Å². The SMILES string of the molecule is N[C@@H]1C=CSC[C@@H]1C(=O)O. The predicted molar refractivity (Wildman–Crippen MR) is 40.7 cm³/mol. The van der Waals surface area contributed by atoms with Crippen LogP contribution in [0.3, 0.4) is 0 Å². The van der Waals surface area contributed by atoms with E-state index >= 15 is 0 Å². The fourth-order valence-corrected chi connectivity index (χ4v) is 1.76. The third-order valence-corrected chi connectivity index (χ3v) is 2.36. The fourth-order valence-electron chi connectivity index (χ4n) is 0.787. The highest BCUT2D eigenvalue weighted by atomic mass is 32.2. The number of hydrogen-bond donors (Lipinski definition) is 2. The number of aliphatic carboxylic acids is 1. The van der Waals surface area contributed by atoms with Gasteiger partial charge in [-0.15, -0.1) is 11.8 Å². The zero-order valence-electron chi connectivity index (χ0n) is 5.36. The summed E-state index contributed by atoms with van der Waals surface area (Å²) in [4.78, 5) is 10.4. The number of carboxylic acid groups (broad SMARTS) is 1. The minimum Gasteiger partial charge on any atom is -0.481 e. The molecule has 0 radical (unpaired) electrons. The molecule has 0 spiro atoms. The molecule has 1 aliphatic rings. The number of nitrogens with two attached hydrogens (primary N) is 1. The van der Waals surface area contributed by atoms with E-state index in [4.69, 9.17) is 10.8 Å². The molecule has 0 aromatic rings. The van der Waals surface area contributed by atoms with Crippen molar-refractivity contribution >= 4 is 17.7 Å². The van der Waals surface area contributed by atoms with E-state index in [1.165, 1.54) is 11.8 Å². The van der Waals surface area contributed by atoms with Crippen molar-refractivity contribution in [1.29, 1.82) is 0 Å². The van der Waals surface area contributed by atoms with Crippen LogP contribution in [-0.4, -0.2) is 22.9 Å². The Bertz CT molecular complexity index is 169. The molecule has 56 valence electrons. The minimum atomic E-state index is -0.802. The molecule has 2 atom stereocenters. The van der Waals surface area contributed by atoms with Crippen molar-refractivity contribution in [2.24, 2.45) is 11.7 Å². The molecule has 0 saturated heterocycles. The molecular weight excluding hydrogens is 150 g/mol. The molecule has 0 bridgehead atoms. The maximum atomic E-state index is 10.4. The second kappa shape index (κ2) is 3.07. The van der Waals surface area contributed by atoms with Crippen molar-refractivity contribution in [1.82, 2.24) is 0 Å². The quantitative estimate of drug-likeness (QED) is 0.576. The lowest BCUT2D eigenvalue weighted by Gasteiger charge is -2.19. The Hall–Kier alpha value is -0.480. The zero-order chi connectivity index (χ0) is 7.56. The summed E-state index contributed by atoms with van der Waals surface area (Å²) in [6.45, 7) is 0. The maximum Gasteiger partial charge on any atom is 0.309 e. The Balaban J connectivity index is 2.60. The van der Waals surface area contributed by atoms with E-state index in [1.54, 1.807) is 6.08 Å². The fraction of sp³-hybridized carbons (Fsp3) is 0.500. The summed E-state index contributed by atoms with van der Waals surface area (Å²) < 4.78 is 0. The smallest absolute Gasteiger partial charge is 0.309 e. The highest BCUT2D eigenvalue weighted by molar-refractivity contribution is 8.02. The Morgan fingerprint density at radius 2 is 2.50 bits per heavy atom. The van der Waals surface area contributed by atoms with Crippen LogP contribution < -0.4 is 5.73 Å². The first kappa shape index (κ1) is 7.63. The first-order valence-electron chi connectivity index (χ1n) is 2.98. The van der Waals surface area contributed by atoms with Crippen molar-refractivity contribution in [3.63, 3.8) is 0 Å². The van der Waals surface area contributed by atoms with Gasteiger partial charge in [0.2, 0.25) is 0 Å². The molecular formula is C6H9NO2S. The lowest BCUT2D eigenvalue weighted by Crippen LogP contribution is -2.36. The van der Waals surface area contributed by atoms with Crippen molar-refractivity contribution in [3.05, 3.63) is 11.5 Å². The van der Waals surface area contributed by atoms with Crippen LogP contribution in [0.2, 0.25) is 0 Å². The van der Waals surface area contributed by atoms with E-state index in [2.05, 4.69) is 0 Å². The number of thioether (sulfide) groups is 1. The Morgan fingerprint density at radius 3 is 2.90 bits per heavy atom. The van der Waals surface area contributed by atoms with Crippen molar-refractivity contribution in [2.75, 3.05) is 5.75 Å². The predicted octanol–water partition coefficient (Wildman–Crippen LogP) is 0.275. The van der Waals surface area contributed by atoms with E-state index in [0.29, 0.717) is 5.75 Å². The van der Waals surface area contributed by atoms with Crippen LogP contribution in [0.5, 0.6) is 0 Å². The van der Waals surface area contributed by atoms with Crippen molar-refractivity contribution in [2.45, 2.75) is 6.04 Å². The van der Waals surface area contributed by atoms with E-state index in [0.717, 1.165) is 0 Å². The summed E-state index contributed by atoms with van der Waals surface area (Å²) in [7, 11) is 0. The summed E-state index contributed by atoms with van der Waals surface area (Å²) in [5.41, 5.74) is 5.50. The van der Waals surface area contributed by atoms with Crippen LogP contribution in [0.25, 0.3) is 0 Å². The molecule has 4 heteroatoms. The van der Waals surface area contributed by atoms with Gasteiger partial charge in [0.1, 0.15) is 0 Å². The lowest BCUT2D eigenvalue weighted by molar-refractivity contribution is -0.141. The van der Waals surface area contributed by atoms with E-state index < -0.39 is 11.9 Å². The first-order chi connectivity index (χ1) is 4.72. The van der Waals surface area contributed by atoms with Gasteiger partial charge in [-0.2, -0.15) is 0 Å². The normalized spacial score (nSPS) is 32.1. The molecule has 0 aromatic carbocycles. The molecule has 0 unspecified atom stereocenters. The van der Waals surface area contributed by atoms with Crippen LogP contribution in [0, 0.1) is 5.92 Å². The molecule has 0 fully saturated rings. The van der Waals surface area contributed by atoms with Gasteiger partial charge in [-0.25, -0.2) is 0 Å². The summed E-state index contributed by atoms with van der Waals surface area (Å²) in [5, 5.41) is 10.4. The maximum absolute atomic E-state index is 10.4. The standard InChI is InChI=1S/C6H9NO2S/c7-5-1-2-10-3-4(5)6(8)9/h1-2,4-5H,3,7H2,(H,8,9)/t4-,5+/m0/s1. The molecule has 10 heavy (non-hydrogen) atoms. The Kier molecular flexibility index (Phi) is 2.34. The highest BCUT2D eigenvalue weighted by Crippen LogP contribution is 2.19. The number of carbonyl (C=O) groups is 1. The molecule has 3 N–H and O–H groups in total. The average Bonchev–Trinajstić information content (AvgIpc) is 1.88. The number of carboxylic acids is 1. The van der Waals surface area contributed by atoms with Crippen LogP contribution in [0.1, 0.15) is 0 Å². The molecule has 0 aliphatic carbocycles. The number of rotatable bonds is 1. The third kappa shape index (κ3) is 1.52. The first-order valence-corrected chi connectivity index (χ1v) is 4.03. The molecule has 0 amide bonds. The molecule has 0 saturated carbocycles. The van der Waals surface area contributed by atoms with E-state index in [9.17, 15) is 4.79 Å². The molecule has 1 rings (SSSR count). The van der Waals surface area contributed by atoms with Gasteiger partial charge in [0.05, 0.1) is 5.92 Å². The molecule has 0 aromatic heterocycles. The third-order valence-electron chi connectivity index (χ3n) is 1.45. The van der Waals surface area contributed by atoms with Crippen molar-refractivity contribution in [3.8, 4) is 0 Å². The summed E-state index contributed by atoms with van der Waals surface area (Å²) in [6, 6.07) is -0.307. The van der Waals surface area contributed by atoms with E-state index in [-0.39, 0.29) is 6.04 Å². The summed E-state index contributed by atoms with van der Waals surface area (Å²) >= 11 is 1.49. The Morgan fingerprint density at radius 1 is 1.80 bits per heavy atom. The van der Waals surface area contributed by atoms with Gasteiger partial charge >= 0.3 is 5.97 Å². The summed E-state index contributed by atoms with van der Waals surface area (Å²) in [6.07, 6.45) is 1.73.